The molecule has 1 N–H and O–H groups in total. The number of amides is 1. The maximum Gasteiger partial charge on any atom is 0.314 e. The summed E-state index contributed by atoms with van der Waals surface area (Å²) in [5, 5.41) is 4.28. The Morgan fingerprint density at radius 1 is 1.30 bits per heavy atom. The van der Waals surface area contributed by atoms with Gasteiger partial charge in [-0.3, -0.25) is 9.59 Å². The number of fused-ring (bicyclic) bond motifs is 5. The molecule has 1 saturated heterocycles. The van der Waals surface area contributed by atoms with E-state index >= 15 is 0 Å². The first-order valence-electron chi connectivity index (χ1n) is 8.02. The van der Waals surface area contributed by atoms with E-state index in [4.69, 9.17) is 4.74 Å². The molecule has 23 heavy (non-hydrogen) atoms. The van der Waals surface area contributed by atoms with Crippen LogP contribution in [-0.4, -0.2) is 23.6 Å². The van der Waals surface area contributed by atoms with Gasteiger partial charge in [-0.05, 0) is 30.9 Å². The normalized spacial score (nSPS) is 26.3. The first-order chi connectivity index (χ1) is 11.1. The minimum Gasteiger partial charge on any atom is -0.469 e. The van der Waals surface area contributed by atoms with Gasteiger partial charge in [-0.1, -0.05) is 18.2 Å². The lowest BCUT2D eigenvalue weighted by Crippen LogP contribution is -2.53. The largest absolute Gasteiger partial charge is 0.469 e. The lowest BCUT2D eigenvalue weighted by Gasteiger charge is -2.45. The van der Waals surface area contributed by atoms with Crippen molar-refractivity contribution in [3.05, 3.63) is 35.5 Å². The first kappa shape index (κ1) is 14.3. The van der Waals surface area contributed by atoms with Gasteiger partial charge < -0.3 is 14.6 Å². The van der Waals surface area contributed by atoms with Crippen LogP contribution in [-0.2, 0) is 27.8 Å². The van der Waals surface area contributed by atoms with Crippen molar-refractivity contribution in [1.82, 2.24) is 9.88 Å². The third-order valence-electron chi connectivity index (χ3n) is 5.60. The van der Waals surface area contributed by atoms with Crippen LogP contribution in [0.4, 0.5) is 0 Å². The van der Waals surface area contributed by atoms with Gasteiger partial charge in [-0.2, -0.15) is 0 Å². The third kappa shape index (κ3) is 1.79. The van der Waals surface area contributed by atoms with Gasteiger partial charge in [0, 0.05) is 30.1 Å². The summed E-state index contributed by atoms with van der Waals surface area (Å²) in [6.07, 6.45) is 2.48. The van der Waals surface area contributed by atoms with Crippen molar-refractivity contribution in [2.45, 2.75) is 31.7 Å². The monoisotopic (exact) mass is 312 g/mol. The van der Waals surface area contributed by atoms with E-state index in [0.29, 0.717) is 19.3 Å². The van der Waals surface area contributed by atoms with Crippen LogP contribution < -0.4 is 5.32 Å². The number of hydrogen-bond donors (Lipinski definition) is 1. The second-order valence-electron chi connectivity index (χ2n) is 6.59. The number of ether oxygens (including phenoxy) is 1. The number of esters is 1. The molecule has 5 nitrogen and oxygen atoms in total. The molecule has 1 amide bonds. The fourth-order valence-corrected chi connectivity index (χ4v) is 4.45. The zero-order valence-corrected chi connectivity index (χ0v) is 13.4. The molecule has 1 aromatic heterocycles. The van der Waals surface area contributed by atoms with E-state index in [1.807, 2.05) is 19.2 Å². The van der Waals surface area contributed by atoms with Gasteiger partial charge in [0.2, 0.25) is 5.91 Å². The summed E-state index contributed by atoms with van der Waals surface area (Å²) in [6, 6.07) is 7.94. The summed E-state index contributed by atoms with van der Waals surface area (Å²) >= 11 is 0. The van der Waals surface area contributed by atoms with Gasteiger partial charge in [-0.25, -0.2) is 0 Å². The third-order valence-corrected chi connectivity index (χ3v) is 5.60. The molecule has 0 unspecified atom stereocenters. The molecule has 2 atom stereocenters. The number of para-hydroxylation sites is 1. The van der Waals surface area contributed by atoms with Crippen LogP contribution in [0, 0.1) is 5.41 Å². The fourth-order valence-electron chi connectivity index (χ4n) is 4.45. The number of rotatable bonds is 1. The van der Waals surface area contributed by atoms with Crippen LogP contribution in [0.1, 0.15) is 36.6 Å². The molecule has 0 bridgehead atoms. The zero-order chi connectivity index (χ0) is 16.2. The summed E-state index contributed by atoms with van der Waals surface area (Å²) in [6.45, 7) is 0. The van der Waals surface area contributed by atoms with Crippen molar-refractivity contribution in [3.8, 4) is 0 Å². The van der Waals surface area contributed by atoms with Crippen LogP contribution >= 0.6 is 0 Å². The van der Waals surface area contributed by atoms with Gasteiger partial charge in [0.25, 0.3) is 0 Å². The molecule has 0 spiro atoms. The highest BCUT2D eigenvalue weighted by Gasteiger charge is 2.54. The van der Waals surface area contributed by atoms with Crippen LogP contribution in [0.25, 0.3) is 10.9 Å². The highest BCUT2D eigenvalue weighted by atomic mass is 16.5. The van der Waals surface area contributed by atoms with Crippen LogP contribution in [0.2, 0.25) is 0 Å². The van der Waals surface area contributed by atoms with E-state index in [0.717, 1.165) is 17.6 Å². The molecule has 2 heterocycles. The predicted octanol–water partition coefficient (Wildman–Crippen LogP) is 2.24. The molecule has 5 heteroatoms. The molecule has 1 aliphatic carbocycles. The minimum atomic E-state index is -0.641. The molecule has 1 fully saturated rings. The number of benzene rings is 1. The quantitative estimate of drug-likeness (QED) is 0.822. The van der Waals surface area contributed by atoms with Crippen molar-refractivity contribution < 1.29 is 14.3 Å². The van der Waals surface area contributed by atoms with Crippen molar-refractivity contribution >= 4 is 22.8 Å². The Morgan fingerprint density at radius 2 is 2.04 bits per heavy atom. The van der Waals surface area contributed by atoms with Gasteiger partial charge in [0.05, 0.1) is 18.6 Å². The van der Waals surface area contributed by atoms with Gasteiger partial charge in [0.1, 0.15) is 0 Å². The zero-order valence-electron chi connectivity index (χ0n) is 13.4. The van der Waals surface area contributed by atoms with E-state index < -0.39 is 5.41 Å². The van der Waals surface area contributed by atoms with E-state index in [1.165, 1.54) is 18.1 Å². The number of methoxy groups -OCH3 is 1. The second kappa shape index (κ2) is 4.85. The molecule has 120 valence electrons. The van der Waals surface area contributed by atoms with Crippen molar-refractivity contribution in [2.24, 2.45) is 12.5 Å². The molecule has 2 aromatic rings. The number of piperidine rings is 1. The molecule has 1 aromatic carbocycles. The molecule has 2 aliphatic rings. The standard InChI is InChI=1S/C18H20N2O3/c1-20-13-6-4-3-5-11(13)12-7-9-18(17(22)23-2)10-8-14(21)19-16(18)15(12)20/h3-6,16H,7-10H2,1-2H3,(H,19,21)/t16-,18+/m0/s1. The average Bonchev–Trinajstić information content (AvgIpc) is 2.87. The Morgan fingerprint density at radius 3 is 2.83 bits per heavy atom. The number of carbonyl (C=O) groups excluding carboxylic acids is 2. The Hall–Kier alpha value is -2.30. The highest BCUT2D eigenvalue weighted by molar-refractivity contribution is 5.90. The summed E-state index contributed by atoms with van der Waals surface area (Å²) in [5.41, 5.74) is 2.79. The van der Waals surface area contributed by atoms with Crippen molar-refractivity contribution in [2.75, 3.05) is 7.11 Å². The van der Waals surface area contributed by atoms with E-state index in [-0.39, 0.29) is 17.9 Å². The number of aromatic nitrogens is 1. The van der Waals surface area contributed by atoms with Crippen molar-refractivity contribution in [1.29, 1.82) is 0 Å². The molecular weight excluding hydrogens is 292 g/mol. The van der Waals surface area contributed by atoms with Crippen LogP contribution in [0.15, 0.2) is 24.3 Å². The molecule has 1 aliphatic heterocycles. The molecule has 0 radical (unpaired) electrons. The van der Waals surface area contributed by atoms with E-state index in [1.54, 1.807) is 0 Å². The SMILES string of the molecule is COC(=O)[C@]12CCC(=O)N[C@H]1c1c(c3ccccc3n1C)CC2. The smallest absolute Gasteiger partial charge is 0.314 e. The number of carbonyl (C=O) groups is 2. The first-order valence-corrected chi connectivity index (χ1v) is 8.02. The van der Waals surface area contributed by atoms with Crippen LogP contribution in [0.3, 0.4) is 0 Å². The Labute approximate surface area is 134 Å². The maximum absolute atomic E-state index is 12.6. The average molecular weight is 312 g/mol. The summed E-state index contributed by atoms with van der Waals surface area (Å²) in [5.74, 6) is -0.203. The molecule has 0 saturated carbocycles. The lowest BCUT2D eigenvalue weighted by molar-refractivity contribution is -0.160. The second-order valence-corrected chi connectivity index (χ2v) is 6.59. The Balaban J connectivity index is 1.96. The minimum absolute atomic E-state index is 0.00707. The lowest BCUT2D eigenvalue weighted by atomic mass is 9.65. The van der Waals surface area contributed by atoms with Gasteiger partial charge in [-0.15, -0.1) is 0 Å². The molecule has 4 rings (SSSR count). The van der Waals surface area contributed by atoms with Gasteiger partial charge in [0.15, 0.2) is 0 Å². The van der Waals surface area contributed by atoms with E-state index in [9.17, 15) is 9.59 Å². The number of aryl methyl sites for hydroxylation is 2. The number of hydrogen-bond acceptors (Lipinski definition) is 3. The number of nitrogens with one attached hydrogen (secondary N) is 1. The predicted molar refractivity (Wildman–Crippen MR) is 85.8 cm³/mol. The van der Waals surface area contributed by atoms with Gasteiger partial charge >= 0.3 is 5.97 Å². The van der Waals surface area contributed by atoms with E-state index in [2.05, 4.69) is 22.0 Å². The van der Waals surface area contributed by atoms with Crippen LogP contribution in [0.5, 0.6) is 0 Å². The molecular formula is C18H20N2O3. The highest BCUT2D eigenvalue weighted by Crippen LogP contribution is 2.51. The Bertz CT molecular complexity index is 823. The Kier molecular flexibility index (Phi) is 3.01. The summed E-state index contributed by atoms with van der Waals surface area (Å²) in [4.78, 5) is 24.6. The summed E-state index contributed by atoms with van der Waals surface area (Å²) in [7, 11) is 3.44. The fraction of sp³-hybridized carbons (Fsp3) is 0.444. The maximum atomic E-state index is 12.6. The number of nitrogens with zero attached hydrogens (tertiary/aromatic N) is 1. The topological polar surface area (TPSA) is 60.3 Å². The van der Waals surface area contributed by atoms with Crippen molar-refractivity contribution in [3.63, 3.8) is 0 Å². The summed E-state index contributed by atoms with van der Waals surface area (Å²) < 4.78 is 7.24.